The first kappa shape index (κ1) is 17.8. The molecule has 0 aromatic heterocycles. The molecule has 0 heterocycles. The van der Waals surface area contributed by atoms with E-state index in [0.29, 0.717) is 0 Å². The summed E-state index contributed by atoms with van der Waals surface area (Å²) in [5.74, 6) is 0.0414. The molecule has 25 heavy (non-hydrogen) atoms. The van der Waals surface area contributed by atoms with E-state index in [2.05, 4.69) is 110 Å². The number of likely N-dealkylation sites (N-methyl/N-ethyl adjacent to an activating group) is 1. The van der Waals surface area contributed by atoms with E-state index in [1.165, 1.54) is 15.9 Å². The van der Waals surface area contributed by atoms with Crippen molar-refractivity contribution in [2.75, 3.05) is 20.7 Å². The molecule has 0 amide bonds. The topological polar surface area (TPSA) is 23.5 Å². The van der Waals surface area contributed by atoms with Crippen LogP contribution in [-0.2, 0) is 0 Å². The number of hydrogen-bond donors (Lipinski definition) is 1. The Hall–Kier alpha value is -1.99. The van der Waals surface area contributed by atoms with Crippen molar-refractivity contribution in [2.24, 2.45) is 0 Å². The Bertz CT molecular complexity index is 678. The Balaban J connectivity index is 2.40. The van der Waals surface area contributed by atoms with Crippen LogP contribution in [0, 0.1) is 0 Å². The molecular formula is C22H26NOP. The van der Waals surface area contributed by atoms with Crippen LogP contribution in [0.5, 0.6) is 0 Å². The fourth-order valence-corrected chi connectivity index (χ4v) is 9.23. The molecule has 0 saturated heterocycles. The first-order chi connectivity index (χ1) is 12.2. The molecule has 1 unspecified atom stereocenters. The minimum absolute atomic E-state index is 0.0414. The maximum atomic E-state index is 10.4. The first-order valence-electron chi connectivity index (χ1n) is 8.65. The van der Waals surface area contributed by atoms with Crippen molar-refractivity contribution in [2.45, 2.75) is 5.78 Å². The van der Waals surface area contributed by atoms with E-state index < -0.39 is 7.26 Å². The summed E-state index contributed by atoms with van der Waals surface area (Å²) in [6.07, 6.45) is 0. The zero-order chi connectivity index (χ0) is 17.7. The predicted molar refractivity (Wildman–Crippen MR) is 111 cm³/mol. The third-order valence-electron chi connectivity index (χ3n) is 4.98. The molecule has 0 aliphatic rings. The molecule has 3 rings (SSSR count). The van der Waals surface area contributed by atoms with Crippen LogP contribution in [0.3, 0.4) is 0 Å². The second kappa shape index (κ2) is 7.93. The first-order valence-corrected chi connectivity index (χ1v) is 10.7. The normalized spacial score (nSPS) is 13.6. The molecule has 3 heteroatoms. The van der Waals surface area contributed by atoms with Gasteiger partial charge in [0.25, 0.3) is 0 Å². The van der Waals surface area contributed by atoms with Crippen LogP contribution in [0.1, 0.15) is 0 Å². The number of hydrogen-bond acceptors (Lipinski definition) is 2. The average molecular weight is 351 g/mol. The number of nitrogens with zero attached hydrogens (tertiary/aromatic N) is 1. The van der Waals surface area contributed by atoms with E-state index in [9.17, 15) is 5.11 Å². The van der Waals surface area contributed by atoms with Gasteiger partial charge in [0.15, 0.2) is 0 Å². The molecule has 0 spiro atoms. The second-order valence-corrected chi connectivity index (χ2v) is 10.6. The van der Waals surface area contributed by atoms with Gasteiger partial charge < -0.3 is 0 Å². The minimum atomic E-state index is -2.44. The van der Waals surface area contributed by atoms with Crippen LogP contribution in [0.2, 0.25) is 0 Å². The van der Waals surface area contributed by atoms with Gasteiger partial charge in [-0.1, -0.05) is 0 Å². The van der Waals surface area contributed by atoms with E-state index in [4.69, 9.17) is 0 Å². The summed E-state index contributed by atoms with van der Waals surface area (Å²) in [6, 6.07) is 32.1. The van der Waals surface area contributed by atoms with Crippen molar-refractivity contribution in [3.8, 4) is 0 Å². The van der Waals surface area contributed by atoms with E-state index >= 15 is 0 Å². The van der Waals surface area contributed by atoms with Crippen LogP contribution < -0.4 is 15.9 Å². The van der Waals surface area contributed by atoms with Gasteiger partial charge in [0.2, 0.25) is 0 Å². The SMILES string of the molecule is CN(C)C(CO)[PH](c1ccccc1)(c1ccccc1)c1ccccc1. The van der Waals surface area contributed by atoms with Gasteiger partial charge in [-0.25, -0.2) is 0 Å². The van der Waals surface area contributed by atoms with Gasteiger partial charge in [-0.2, -0.15) is 0 Å². The quantitative estimate of drug-likeness (QED) is 0.690. The Morgan fingerprint density at radius 2 is 1.00 bits per heavy atom. The Morgan fingerprint density at radius 1 is 0.680 bits per heavy atom. The Labute approximate surface area is 151 Å². The molecular weight excluding hydrogens is 325 g/mol. The van der Waals surface area contributed by atoms with Gasteiger partial charge >= 0.3 is 151 Å². The summed E-state index contributed by atoms with van der Waals surface area (Å²) in [6.45, 7) is 0.123. The molecule has 0 fully saturated rings. The fraction of sp³-hybridized carbons (Fsp3) is 0.182. The van der Waals surface area contributed by atoms with Gasteiger partial charge in [0, 0.05) is 0 Å². The van der Waals surface area contributed by atoms with Crippen LogP contribution in [0.4, 0.5) is 0 Å². The zero-order valence-electron chi connectivity index (χ0n) is 14.8. The van der Waals surface area contributed by atoms with Crippen LogP contribution in [0.15, 0.2) is 91.0 Å². The molecule has 1 N–H and O–H groups in total. The molecule has 0 aliphatic heterocycles. The van der Waals surface area contributed by atoms with E-state index in [0.717, 1.165) is 0 Å². The average Bonchev–Trinajstić information content (AvgIpc) is 2.68. The predicted octanol–water partition coefficient (Wildman–Crippen LogP) is 2.59. The van der Waals surface area contributed by atoms with Crippen molar-refractivity contribution in [3.63, 3.8) is 0 Å². The molecule has 2 nitrogen and oxygen atoms in total. The van der Waals surface area contributed by atoms with E-state index in [-0.39, 0.29) is 12.4 Å². The standard InChI is InChI=1S/C22H26NOP/c1-23(2)22(18-24)25(19-12-6-3-7-13-19,20-14-8-4-9-15-20)21-16-10-5-11-17-21/h3-17,22,24-25H,18H2,1-2H3. The zero-order valence-corrected chi connectivity index (χ0v) is 15.8. The molecule has 0 saturated carbocycles. The van der Waals surface area contributed by atoms with Crippen LogP contribution in [-0.4, -0.2) is 36.5 Å². The van der Waals surface area contributed by atoms with Gasteiger partial charge in [0.1, 0.15) is 0 Å². The summed E-state index contributed by atoms with van der Waals surface area (Å²) in [7, 11) is 1.69. The van der Waals surface area contributed by atoms with E-state index in [1.807, 2.05) is 0 Å². The summed E-state index contributed by atoms with van der Waals surface area (Å²) in [5, 5.41) is 14.4. The summed E-state index contributed by atoms with van der Waals surface area (Å²) >= 11 is 0. The number of aliphatic hydroxyl groups is 1. The summed E-state index contributed by atoms with van der Waals surface area (Å²) in [5.41, 5.74) is 0. The van der Waals surface area contributed by atoms with Crippen molar-refractivity contribution >= 4 is 23.2 Å². The number of benzene rings is 3. The molecule has 0 bridgehead atoms. The third kappa shape index (κ3) is 3.26. The molecule has 0 aliphatic carbocycles. The third-order valence-corrected chi connectivity index (χ3v) is 10.4. The van der Waals surface area contributed by atoms with Gasteiger partial charge in [-0.3, -0.25) is 0 Å². The second-order valence-electron chi connectivity index (χ2n) is 6.57. The van der Waals surface area contributed by atoms with E-state index in [1.54, 1.807) is 0 Å². The van der Waals surface area contributed by atoms with Crippen LogP contribution >= 0.6 is 7.26 Å². The number of aliphatic hydroxyl groups excluding tert-OH is 1. The molecule has 3 aromatic carbocycles. The molecule has 130 valence electrons. The van der Waals surface area contributed by atoms with Crippen molar-refractivity contribution in [3.05, 3.63) is 91.0 Å². The van der Waals surface area contributed by atoms with Crippen molar-refractivity contribution in [1.82, 2.24) is 4.90 Å². The summed E-state index contributed by atoms with van der Waals surface area (Å²) < 4.78 is 0. The Morgan fingerprint density at radius 3 is 1.24 bits per heavy atom. The van der Waals surface area contributed by atoms with Gasteiger partial charge in [0.05, 0.1) is 0 Å². The maximum absolute atomic E-state index is 10.4. The number of rotatable bonds is 6. The van der Waals surface area contributed by atoms with Crippen molar-refractivity contribution in [1.29, 1.82) is 0 Å². The molecule has 1 atom stereocenters. The van der Waals surface area contributed by atoms with Crippen molar-refractivity contribution < 1.29 is 5.11 Å². The fourth-order valence-electron chi connectivity index (χ4n) is 3.87. The molecule has 0 radical (unpaired) electrons. The summed E-state index contributed by atoms with van der Waals surface area (Å²) in [4.78, 5) is 2.18. The molecule has 3 aromatic rings. The Kier molecular flexibility index (Phi) is 5.65. The van der Waals surface area contributed by atoms with Crippen LogP contribution in [0.25, 0.3) is 0 Å². The monoisotopic (exact) mass is 351 g/mol. The van der Waals surface area contributed by atoms with Gasteiger partial charge in [-0.15, -0.1) is 0 Å². The van der Waals surface area contributed by atoms with Gasteiger partial charge in [-0.05, 0) is 0 Å².